The Morgan fingerprint density at radius 2 is 1.94 bits per heavy atom. The van der Waals surface area contributed by atoms with Gasteiger partial charge in [0.1, 0.15) is 0 Å². The van der Waals surface area contributed by atoms with Crippen LogP contribution in [0.15, 0.2) is 42.6 Å². The van der Waals surface area contributed by atoms with Crippen LogP contribution >= 0.6 is 11.6 Å². The van der Waals surface area contributed by atoms with E-state index in [1.165, 1.54) is 0 Å². The van der Waals surface area contributed by atoms with Crippen molar-refractivity contribution in [2.24, 2.45) is 0 Å². The molecule has 0 fully saturated rings. The van der Waals surface area contributed by atoms with Crippen molar-refractivity contribution in [2.75, 3.05) is 0 Å². The summed E-state index contributed by atoms with van der Waals surface area (Å²) in [7, 11) is 0. The summed E-state index contributed by atoms with van der Waals surface area (Å²) >= 11 is 6.07. The molecule has 2 aromatic rings. The van der Waals surface area contributed by atoms with Crippen LogP contribution in [0.3, 0.4) is 0 Å². The van der Waals surface area contributed by atoms with Crippen LogP contribution in [-0.4, -0.2) is 4.98 Å². The van der Waals surface area contributed by atoms with E-state index in [2.05, 4.69) is 11.1 Å². The van der Waals surface area contributed by atoms with Gasteiger partial charge in [-0.05, 0) is 6.07 Å². The van der Waals surface area contributed by atoms with Gasteiger partial charge in [0.2, 0.25) is 0 Å². The van der Waals surface area contributed by atoms with E-state index in [0.717, 1.165) is 16.8 Å². The number of pyridine rings is 1. The number of nitrogens with zero attached hydrogens (tertiary/aromatic N) is 2. The number of benzene rings is 1. The summed E-state index contributed by atoms with van der Waals surface area (Å²) in [4.78, 5) is 4.29. The van der Waals surface area contributed by atoms with Gasteiger partial charge in [0.05, 0.1) is 18.2 Å². The summed E-state index contributed by atoms with van der Waals surface area (Å²) in [6.45, 7) is 0. The van der Waals surface area contributed by atoms with Gasteiger partial charge in [-0.15, -0.1) is 0 Å². The minimum atomic E-state index is 0.275. The molecule has 0 saturated carbocycles. The van der Waals surface area contributed by atoms with E-state index in [1.54, 1.807) is 12.3 Å². The lowest BCUT2D eigenvalue weighted by molar-refractivity contribution is 1.20. The van der Waals surface area contributed by atoms with Gasteiger partial charge in [-0.3, -0.25) is 4.98 Å². The highest BCUT2D eigenvalue weighted by Crippen LogP contribution is 2.26. The Kier molecular flexibility index (Phi) is 3.19. The van der Waals surface area contributed by atoms with Crippen LogP contribution in [0.5, 0.6) is 0 Å². The van der Waals surface area contributed by atoms with Crippen molar-refractivity contribution < 1.29 is 0 Å². The topological polar surface area (TPSA) is 36.7 Å². The van der Waals surface area contributed by atoms with Gasteiger partial charge in [-0.2, -0.15) is 5.26 Å². The van der Waals surface area contributed by atoms with Gasteiger partial charge in [-0.25, -0.2) is 0 Å². The van der Waals surface area contributed by atoms with Crippen molar-refractivity contribution in [3.63, 3.8) is 0 Å². The molecule has 0 atom stereocenters. The Morgan fingerprint density at radius 1 is 1.19 bits per heavy atom. The Hall–Kier alpha value is -1.85. The number of aromatic nitrogens is 1. The highest BCUT2D eigenvalue weighted by atomic mass is 35.5. The van der Waals surface area contributed by atoms with Crippen molar-refractivity contribution in [2.45, 2.75) is 6.42 Å². The van der Waals surface area contributed by atoms with Crippen molar-refractivity contribution in [1.29, 1.82) is 5.26 Å². The molecule has 0 aliphatic rings. The largest absolute Gasteiger partial charge is 0.256 e. The highest BCUT2D eigenvalue weighted by Gasteiger charge is 2.09. The second-order valence-electron chi connectivity index (χ2n) is 3.32. The molecule has 0 aliphatic carbocycles. The van der Waals surface area contributed by atoms with E-state index in [-0.39, 0.29) is 6.42 Å². The molecule has 0 radical (unpaired) electrons. The third-order valence-corrected chi connectivity index (χ3v) is 2.66. The third-order valence-electron chi connectivity index (χ3n) is 2.30. The molecule has 0 N–H and O–H groups in total. The summed E-state index contributed by atoms with van der Waals surface area (Å²) in [5.41, 5.74) is 2.56. The van der Waals surface area contributed by atoms with Crippen molar-refractivity contribution in [3.8, 4) is 17.3 Å². The standard InChI is InChI=1S/C13H9ClN2/c14-12-7-9-16-13(11(12)6-8-15)10-4-2-1-3-5-10/h1-5,7,9H,6H2. The molecule has 0 amide bonds. The normalized spacial score (nSPS) is 9.75. The van der Waals surface area contributed by atoms with Crippen LogP contribution < -0.4 is 0 Å². The molecule has 0 bridgehead atoms. The van der Waals surface area contributed by atoms with Gasteiger partial charge < -0.3 is 0 Å². The Labute approximate surface area is 99.1 Å². The zero-order valence-electron chi connectivity index (χ0n) is 8.52. The number of halogens is 1. The molecule has 0 aliphatic heterocycles. The van der Waals surface area contributed by atoms with E-state index in [0.29, 0.717) is 5.02 Å². The summed E-state index contributed by atoms with van der Waals surface area (Å²) in [5.74, 6) is 0. The van der Waals surface area contributed by atoms with Crippen molar-refractivity contribution in [3.05, 3.63) is 53.2 Å². The Bertz CT molecular complexity index is 529. The minimum absolute atomic E-state index is 0.275. The molecule has 78 valence electrons. The van der Waals surface area contributed by atoms with Gasteiger partial charge in [0.15, 0.2) is 0 Å². The van der Waals surface area contributed by atoms with Crippen LogP contribution in [0, 0.1) is 11.3 Å². The van der Waals surface area contributed by atoms with E-state index in [4.69, 9.17) is 16.9 Å². The molecular weight excluding hydrogens is 220 g/mol. The number of hydrogen-bond donors (Lipinski definition) is 0. The Morgan fingerprint density at radius 3 is 2.62 bits per heavy atom. The molecule has 3 heteroatoms. The average Bonchev–Trinajstić information content (AvgIpc) is 2.33. The van der Waals surface area contributed by atoms with E-state index in [1.807, 2.05) is 30.3 Å². The minimum Gasteiger partial charge on any atom is -0.256 e. The van der Waals surface area contributed by atoms with Crippen LogP contribution in [0.25, 0.3) is 11.3 Å². The first-order chi connectivity index (χ1) is 7.83. The average molecular weight is 229 g/mol. The highest BCUT2D eigenvalue weighted by molar-refractivity contribution is 6.31. The number of rotatable bonds is 2. The predicted molar refractivity (Wildman–Crippen MR) is 64.0 cm³/mol. The smallest absolute Gasteiger partial charge is 0.0759 e. The van der Waals surface area contributed by atoms with E-state index in [9.17, 15) is 0 Å². The first-order valence-corrected chi connectivity index (χ1v) is 5.26. The van der Waals surface area contributed by atoms with Crippen LogP contribution in [0.1, 0.15) is 5.56 Å². The molecule has 0 unspecified atom stereocenters. The summed E-state index contributed by atoms with van der Waals surface area (Å²) in [5, 5.41) is 9.37. The monoisotopic (exact) mass is 228 g/mol. The summed E-state index contributed by atoms with van der Waals surface area (Å²) in [6.07, 6.45) is 1.93. The lowest BCUT2D eigenvalue weighted by atomic mass is 10.0. The lowest BCUT2D eigenvalue weighted by Crippen LogP contribution is -1.93. The van der Waals surface area contributed by atoms with Gasteiger partial charge in [0.25, 0.3) is 0 Å². The fraction of sp³-hybridized carbons (Fsp3) is 0.0769. The first kappa shape index (κ1) is 10.7. The third kappa shape index (κ3) is 2.05. The van der Waals surface area contributed by atoms with Crippen molar-refractivity contribution in [1.82, 2.24) is 4.98 Å². The van der Waals surface area contributed by atoms with Crippen molar-refractivity contribution >= 4 is 11.6 Å². The summed E-state index contributed by atoms with van der Waals surface area (Å²) < 4.78 is 0. The molecule has 16 heavy (non-hydrogen) atoms. The number of nitriles is 1. The molecule has 1 aromatic heterocycles. The van der Waals surface area contributed by atoms with Crippen LogP contribution in [0.4, 0.5) is 0 Å². The molecule has 1 aromatic carbocycles. The second kappa shape index (κ2) is 4.78. The Balaban J connectivity index is 2.57. The second-order valence-corrected chi connectivity index (χ2v) is 3.73. The molecular formula is C13H9ClN2. The lowest BCUT2D eigenvalue weighted by Gasteiger charge is -2.07. The van der Waals surface area contributed by atoms with Gasteiger partial charge in [0, 0.05) is 22.3 Å². The van der Waals surface area contributed by atoms with Crippen LogP contribution in [-0.2, 0) is 6.42 Å². The molecule has 1 heterocycles. The van der Waals surface area contributed by atoms with E-state index < -0.39 is 0 Å². The van der Waals surface area contributed by atoms with Crippen LogP contribution in [0.2, 0.25) is 5.02 Å². The molecule has 0 spiro atoms. The molecule has 0 saturated heterocycles. The zero-order chi connectivity index (χ0) is 11.4. The molecule has 2 rings (SSSR count). The maximum Gasteiger partial charge on any atom is 0.0759 e. The van der Waals surface area contributed by atoms with Gasteiger partial charge >= 0.3 is 0 Å². The maximum absolute atomic E-state index is 8.78. The fourth-order valence-corrected chi connectivity index (χ4v) is 1.77. The number of hydrogen-bond acceptors (Lipinski definition) is 2. The van der Waals surface area contributed by atoms with Gasteiger partial charge in [-0.1, -0.05) is 41.9 Å². The SMILES string of the molecule is N#CCc1c(Cl)ccnc1-c1ccccc1. The zero-order valence-corrected chi connectivity index (χ0v) is 9.28. The maximum atomic E-state index is 8.78. The first-order valence-electron chi connectivity index (χ1n) is 4.88. The fourth-order valence-electron chi connectivity index (χ4n) is 1.56. The molecule has 2 nitrogen and oxygen atoms in total. The van der Waals surface area contributed by atoms with E-state index >= 15 is 0 Å². The summed E-state index contributed by atoms with van der Waals surface area (Å²) in [6, 6.07) is 13.6. The quantitative estimate of drug-likeness (QED) is 0.789. The predicted octanol–water partition coefficient (Wildman–Crippen LogP) is 3.47.